The molecule has 7 nitrogen and oxygen atoms in total. The maximum atomic E-state index is 5.95. The molecule has 0 fully saturated rings. The van der Waals surface area contributed by atoms with Crippen LogP contribution >= 0.6 is 0 Å². The topological polar surface area (TPSA) is 69.0 Å². The van der Waals surface area contributed by atoms with Crippen LogP contribution in [0.2, 0.25) is 0 Å². The molecule has 0 radical (unpaired) electrons. The number of hydrogen-bond acceptors (Lipinski definition) is 6. The van der Waals surface area contributed by atoms with Crippen LogP contribution in [0.5, 0.6) is 0 Å². The normalized spacial score (nSPS) is 16.7. The Morgan fingerprint density at radius 2 is 2.08 bits per heavy atom. The van der Waals surface area contributed by atoms with Crippen molar-refractivity contribution in [1.82, 2.24) is 24.5 Å². The Labute approximate surface area is 146 Å². The summed E-state index contributed by atoms with van der Waals surface area (Å²) in [5, 5.41) is 0. The van der Waals surface area contributed by atoms with Gasteiger partial charge in [-0.15, -0.1) is 0 Å². The first kappa shape index (κ1) is 15.7. The summed E-state index contributed by atoms with van der Waals surface area (Å²) in [5.74, 6) is 0.736. The lowest BCUT2D eigenvalue weighted by Crippen LogP contribution is -2.39. The van der Waals surface area contributed by atoms with Gasteiger partial charge in [0.05, 0.1) is 43.5 Å². The zero-order valence-corrected chi connectivity index (χ0v) is 14.1. The van der Waals surface area contributed by atoms with Crippen molar-refractivity contribution in [2.75, 3.05) is 18.1 Å². The third kappa shape index (κ3) is 3.51. The molecule has 0 N–H and O–H groups in total. The van der Waals surface area contributed by atoms with E-state index in [1.54, 1.807) is 12.4 Å². The third-order valence-electron chi connectivity index (χ3n) is 4.26. The fourth-order valence-corrected chi connectivity index (χ4v) is 3.11. The van der Waals surface area contributed by atoms with Crippen molar-refractivity contribution in [2.24, 2.45) is 0 Å². The predicted molar refractivity (Wildman–Crippen MR) is 93.0 cm³/mol. The summed E-state index contributed by atoms with van der Waals surface area (Å²) in [6, 6.07) is 7.97. The van der Waals surface area contributed by atoms with Gasteiger partial charge in [0.25, 0.3) is 0 Å². The summed E-state index contributed by atoms with van der Waals surface area (Å²) in [4.78, 5) is 19.7. The zero-order valence-electron chi connectivity index (χ0n) is 14.1. The highest BCUT2D eigenvalue weighted by atomic mass is 16.5. The molecule has 0 spiro atoms. The van der Waals surface area contributed by atoms with E-state index in [9.17, 15) is 0 Å². The average molecular weight is 336 g/mol. The molecule has 0 amide bonds. The van der Waals surface area contributed by atoms with Crippen molar-refractivity contribution in [3.63, 3.8) is 0 Å². The minimum absolute atomic E-state index is 0.167. The molecule has 0 aliphatic carbocycles. The van der Waals surface area contributed by atoms with Crippen LogP contribution < -0.4 is 4.90 Å². The van der Waals surface area contributed by atoms with Crippen LogP contribution in [0.25, 0.3) is 0 Å². The first-order chi connectivity index (χ1) is 12.3. The Balaban J connectivity index is 1.45. The summed E-state index contributed by atoms with van der Waals surface area (Å²) < 4.78 is 8.13. The lowest BCUT2D eigenvalue weighted by Gasteiger charge is -2.34. The molecule has 3 aromatic heterocycles. The van der Waals surface area contributed by atoms with Crippen LogP contribution in [0, 0.1) is 6.92 Å². The molecule has 4 rings (SSSR count). The van der Waals surface area contributed by atoms with Crippen molar-refractivity contribution in [3.05, 3.63) is 66.3 Å². The van der Waals surface area contributed by atoms with Crippen LogP contribution in [0.15, 0.2) is 49.2 Å². The minimum Gasteiger partial charge on any atom is -0.373 e. The number of aryl methyl sites for hydroxylation is 1. The van der Waals surface area contributed by atoms with Crippen LogP contribution in [0.3, 0.4) is 0 Å². The van der Waals surface area contributed by atoms with Crippen molar-refractivity contribution < 1.29 is 4.74 Å². The largest absolute Gasteiger partial charge is 0.373 e. The number of ether oxygens (including phenoxy) is 1. The molecular formula is C18H20N6O. The maximum Gasteiger partial charge on any atom is 0.225 e. The van der Waals surface area contributed by atoms with Gasteiger partial charge < -0.3 is 14.2 Å². The van der Waals surface area contributed by atoms with E-state index in [0.29, 0.717) is 13.2 Å². The van der Waals surface area contributed by atoms with E-state index in [2.05, 4.69) is 29.4 Å². The Kier molecular flexibility index (Phi) is 4.39. The molecule has 4 heterocycles. The molecule has 1 atom stereocenters. The molecule has 1 aliphatic heterocycles. The summed E-state index contributed by atoms with van der Waals surface area (Å²) in [6.07, 6.45) is 7.30. The monoisotopic (exact) mass is 336 g/mol. The lowest BCUT2D eigenvalue weighted by molar-refractivity contribution is 0.0857. The van der Waals surface area contributed by atoms with Gasteiger partial charge in [0.1, 0.15) is 0 Å². The molecule has 7 heteroatoms. The van der Waals surface area contributed by atoms with Gasteiger partial charge in [0.15, 0.2) is 0 Å². The van der Waals surface area contributed by atoms with Crippen molar-refractivity contribution in [2.45, 2.75) is 26.1 Å². The van der Waals surface area contributed by atoms with Crippen LogP contribution in [0.1, 0.15) is 23.1 Å². The number of imidazole rings is 1. The highest BCUT2D eigenvalue weighted by Crippen LogP contribution is 2.24. The molecule has 0 aromatic carbocycles. The maximum absolute atomic E-state index is 5.95. The van der Waals surface area contributed by atoms with Gasteiger partial charge in [-0.3, -0.25) is 4.98 Å². The summed E-state index contributed by atoms with van der Waals surface area (Å²) in [6.45, 7) is 4.61. The molecule has 0 bridgehead atoms. The van der Waals surface area contributed by atoms with E-state index in [4.69, 9.17) is 4.74 Å². The number of nitrogens with zero attached hydrogens (tertiary/aromatic N) is 6. The van der Waals surface area contributed by atoms with Gasteiger partial charge in [-0.25, -0.2) is 15.0 Å². The highest BCUT2D eigenvalue weighted by molar-refractivity contribution is 5.32. The van der Waals surface area contributed by atoms with Crippen LogP contribution in [0.4, 0.5) is 5.95 Å². The van der Waals surface area contributed by atoms with E-state index in [-0.39, 0.29) is 6.04 Å². The van der Waals surface area contributed by atoms with E-state index >= 15 is 0 Å². The van der Waals surface area contributed by atoms with E-state index in [0.717, 1.165) is 36.1 Å². The van der Waals surface area contributed by atoms with Gasteiger partial charge in [-0.05, 0) is 25.1 Å². The highest BCUT2D eigenvalue weighted by Gasteiger charge is 2.26. The van der Waals surface area contributed by atoms with Gasteiger partial charge >= 0.3 is 0 Å². The quantitative estimate of drug-likeness (QED) is 0.711. The second kappa shape index (κ2) is 6.98. The predicted octanol–water partition coefficient (Wildman–Crippen LogP) is 2.15. The van der Waals surface area contributed by atoms with Crippen LogP contribution in [-0.4, -0.2) is 37.7 Å². The number of pyridine rings is 1. The summed E-state index contributed by atoms with van der Waals surface area (Å²) >= 11 is 0. The smallest absolute Gasteiger partial charge is 0.225 e. The zero-order chi connectivity index (χ0) is 17.1. The number of anilines is 1. The van der Waals surface area contributed by atoms with Crippen molar-refractivity contribution in [1.29, 1.82) is 0 Å². The standard InChI is InChI=1S/C18H20N6O/c1-14-4-2-5-15(22-14)11-25-12-17-10-23(18-20-6-3-7-21-18)9-16-8-19-13-24(16)17/h2-8,13,17H,9-12H2,1H3/t17-/m1/s1. The first-order valence-corrected chi connectivity index (χ1v) is 8.32. The van der Waals surface area contributed by atoms with Gasteiger partial charge in [-0.1, -0.05) is 6.07 Å². The molecule has 0 unspecified atom stereocenters. The van der Waals surface area contributed by atoms with E-state index < -0.39 is 0 Å². The molecule has 0 saturated heterocycles. The van der Waals surface area contributed by atoms with Gasteiger partial charge in [0, 0.05) is 30.8 Å². The van der Waals surface area contributed by atoms with E-state index in [1.807, 2.05) is 43.7 Å². The summed E-state index contributed by atoms with van der Waals surface area (Å²) in [5.41, 5.74) is 3.09. The lowest BCUT2D eigenvalue weighted by atomic mass is 10.2. The average Bonchev–Trinajstić information content (AvgIpc) is 3.11. The number of fused-ring (bicyclic) bond motifs is 1. The fraction of sp³-hybridized carbons (Fsp3) is 0.333. The Hall–Kier alpha value is -2.80. The minimum atomic E-state index is 0.167. The summed E-state index contributed by atoms with van der Waals surface area (Å²) in [7, 11) is 0. The van der Waals surface area contributed by atoms with E-state index in [1.165, 1.54) is 0 Å². The number of hydrogen-bond donors (Lipinski definition) is 0. The Bertz CT molecular complexity index is 834. The van der Waals surface area contributed by atoms with Crippen LogP contribution in [-0.2, 0) is 17.9 Å². The molecule has 1 aliphatic rings. The fourth-order valence-electron chi connectivity index (χ4n) is 3.11. The molecule has 3 aromatic rings. The number of rotatable bonds is 5. The second-order valence-corrected chi connectivity index (χ2v) is 6.16. The van der Waals surface area contributed by atoms with Gasteiger partial charge in [-0.2, -0.15) is 0 Å². The molecule has 128 valence electrons. The van der Waals surface area contributed by atoms with Crippen molar-refractivity contribution >= 4 is 5.95 Å². The number of aromatic nitrogens is 5. The Morgan fingerprint density at radius 3 is 2.92 bits per heavy atom. The van der Waals surface area contributed by atoms with Gasteiger partial charge in [0.2, 0.25) is 5.95 Å². The van der Waals surface area contributed by atoms with Crippen molar-refractivity contribution in [3.8, 4) is 0 Å². The molecule has 25 heavy (non-hydrogen) atoms. The Morgan fingerprint density at radius 1 is 1.20 bits per heavy atom. The third-order valence-corrected chi connectivity index (χ3v) is 4.26. The molecule has 0 saturated carbocycles. The molecular weight excluding hydrogens is 316 g/mol. The first-order valence-electron chi connectivity index (χ1n) is 8.32. The SMILES string of the molecule is Cc1cccc(COC[C@H]2CN(c3ncccn3)Cc3cncn32)n1. The second-order valence-electron chi connectivity index (χ2n) is 6.16.